The number of thioether (sulfide) groups is 1. The van der Waals surface area contributed by atoms with Crippen molar-refractivity contribution in [1.82, 2.24) is 14.9 Å². The molecular formula is C35H37ClN4O3S. The van der Waals surface area contributed by atoms with Crippen LogP contribution in [0.2, 0.25) is 5.15 Å². The molecule has 0 atom stereocenters. The van der Waals surface area contributed by atoms with Gasteiger partial charge in [0.2, 0.25) is 0 Å². The maximum atomic E-state index is 13.4. The first-order chi connectivity index (χ1) is 21.5. The molecule has 4 aromatic rings. The molecule has 2 aliphatic heterocycles. The van der Waals surface area contributed by atoms with Crippen LogP contribution in [0.25, 0.3) is 0 Å². The molecule has 1 fully saturated rings. The minimum atomic E-state index is 0.107. The Kier molecular flexibility index (Phi) is 9.57. The molecular weight excluding hydrogens is 592 g/mol. The number of anilines is 1. The quantitative estimate of drug-likeness (QED) is 0.111. The third kappa shape index (κ3) is 7.13. The summed E-state index contributed by atoms with van der Waals surface area (Å²) in [5.41, 5.74) is 5.59. The predicted octanol–water partition coefficient (Wildman–Crippen LogP) is 7.10. The average molecular weight is 629 g/mol. The molecule has 3 aromatic carbocycles. The van der Waals surface area contributed by atoms with E-state index in [0.717, 1.165) is 73.8 Å². The molecule has 1 aromatic heterocycles. The van der Waals surface area contributed by atoms with Gasteiger partial charge in [0.1, 0.15) is 11.0 Å². The summed E-state index contributed by atoms with van der Waals surface area (Å²) in [5.74, 6) is 3.64. The highest BCUT2D eigenvalue weighted by Gasteiger charge is 2.25. The van der Waals surface area contributed by atoms with E-state index in [2.05, 4.69) is 46.3 Å². The second-order valence-corrected chi connectivity index (χ2v) is 12.7. The Bertz CT molecular complexity index is 1610. The van der Waals surface area contributed by atoms with E-state index >= 15 is 0 Å². The number of hydrogen-bond donors (Lipinski definition) is 0. The summed E-state index contributed by atoms with van der Waals surface area (Å²) < 4.78 is 11.0. The number of piperidine rings is 1. The Balaban J connectivity index is 1.07. The first kappa shape index (κ1) is 30.3. The van der Waals surface area contributed by atoms with Crippen LogP contribution in [-0.4, -0.2) is 54.6 Å². The molecule has 0 saturated carbocycles. The minimum Gasteiger partial charge on any atom is -0.493 e. The van der Waals surface area contributed by atoms with Gasteiger partial charge in [-0.05, 0) is 78.1 Å². The molecule has 228 valence electrons. The van der Waals surface area contributed by atoms with Gasteiger partial charge in [-0.25, -0.2) is 9.97 Å². The largest absolute Gasteiger partial charge is 0.493 e. The first-order valence-corrected chi connectivity index (χ1v) is 16.4. The van der Waals surface area contributed by atoms with Crippen LogP contribution < -0.4 is 14.4 Å². The van der Waals surface area contributed by atoms with Crippen LogP contribution in [0.3, 0.4) is 0 Å². The number of nitrogens with zero attached hydrogens (tertiary/aromatic N) is 4. The lowest BCUT2D eigenvalue weighted by Crippen LogP contribution is -2.38. The summed E-state index contributed by atoms with van der Waals surface area (Å²) in [6.45, 7) is 3.11. The molecule has 0 bridgehead atoms. The van der Waals surface area contributed by atoms with Crippen LogP contribution in [0.1, 0.15) is 45.5 Å². The average Bonchev–Trinajstić information content (AvgIpc) is 3.07. The van der Waals surface area contributed by atoms with E-state index in [1.54, 1.807) is 14.2 Å². The van der Waals surface area contributed by atoms with Crippen LogP contribution >= 0.6 is 23.4 Å². The highest BCUT2D eigenvalue weighted by atomic mass is 35.5. The van der Waals surface area contributed by atoms with Gasteiger partial charge in [0.25, 0.3) is 5.91 Å². The van der Waals surface area contributed by atoms with Gasteiger partial charge in [-0.15, -0.1) is 0 Å². The van der Waals surface area contributed by atoms with E-state index in [1.807, 2.05) is 41.3 Å². The number of fused-ring (bicyclic) bond motifs is 1. The number of benzene rings is 3. The SMILES string of the molecule is COc1cc2c(cc1OC)CN(c1cc(Cl)nc(SCc3cccc(C(=O)N4CCC(Cc5ccccc5)CC4)c3)n1)CC2. The van der Waals surface area contributed by atoms with Crippen LogP contribution in [0.5, 0.6) is 11.5 Å². The summed E-state index contributed by atoms with van der Waals surface area (Å²) in [7, 11) is 3.31. The smallest absolute Gasteiger partial charge is 0.253 e. The highest BCUT2D eigenvalue weighted by molar-refractivity contribution is 7.98. The van der Waals surface area contributed by atoms with Gasteiger partial charge in [-0.2, -0.15) is 0 Å². The summed E-state index contributed by atoms with van der Waals surface area (Å²) in [5, 5.41) is 1.03. The second kappa shape index (κ2) is 13.9. The van der Waals surface area contributed by atoms with Crippen molar-refractivity contribution in [3.63, 3.8) is 0 Å². The minimum absolute atomic E-state index is 0.107. The first-order valence-electron chi connectivity index (χ1n) is 15.1. The van der Waals surface area contributed by atoms with Crippen molar-refractivity contribution < 1.29 is 14.3 Å². The van der Waals surface area contributed by atoms with E-state index in [0.29, 0.717) is 28.5 Å². The van der Waals surface area contributed by atoms with Gasteiger partial charge >= 0.3 is 0 Å². The van der Waals surface area contributed by atoms with Gasteiger partial charge in [0.05, 0.1) is 14.2 Å². The second-order valence-electron chi connectivity index (χ2n) is 11.4. The monoisotopic (exact) mass is 628 g/mol. The molecule has 3 heterocycles. The van der Waals surface area contributed by atoms with Crippen LogP contribution in [0.4, 0.5) is 5.82 Å². The Morgan fingerprint density at radius 2 is 1.61 bits per heavy atom. The number of halogens is 1. The normalized spacial score (nSPS) is 15.2. The van der Waals surface area contributed by atoms with Crippen molar-refractivity contribution in [1.29, 1.82) is 0 Å². The fourth-order valence-electron chi connectivity index (χ4n) is 6.10. The van der Waals surface area contributed by atoms with Gasteiger partial charge in [-0.3, -0.25) is 4.79 Å². The summed E-state index contributed by atoms with van der Waals surface area (Å²) >= 11 is 7.99. The zero-order chi connectivity index (χ0) is 30.5. The molecule has 0 spiro atoms. The molecule has 9 heteroatoms. The van der Waals surface area contributed by atoms with E-state index < -0.39 is 0 Å². The van der Waals surface area contributed by atoms with Gasteiger partial charge < -0.3 is 19.3 Å². The third-order valence-electron chi connectivity index (χ3n) is 8.51. The number of hydrogen-bond acceptors (Lipinski definition) is 7. The summed E-state index contributed by atoms with van der Waals surface area (Å²) in [4.78, 5) is 26.9. The van der Waals surface area contributed by atoms with E-state index in [9.17, 15) is 4.79 Å². The number of likely N-dealkylation sites (tertiary alicyclic amines) is 1. The standard InChI is InChI=1S/C35H37ClN4O3S/c1-42-30-19-27-13-16-40(22-29(27)20-31(30)43-2)33-21-32(36)37-35(38-33)44-23-26-9-6-10-28(18-26)34(41)39-14-11-25(12-15-39)17-24-7-4-3-5-8-24/h3-10,18-21,25H,11-17,22-23H2,1-2H3. The number of amides is 1. The van der Waals surface area contributed by atoms with E-state index in [-0.39, 0.29) is 5.91 Å². The number of methoxy groups -OCH3 is 2. The topological polar surface area (TPSA) is 67.8 Å². The number of carbonyl (C=O) groups excluding carboxylic acids is 1. The Morgan fingerprint density at radius 1 is 0.886 bits per heavy atom. The van der Waals surface area contributed by atoms with Crippen LogP contribution in [-0.2, 0) is 25.1 Å². The molecule has 0 aliphatic carbocycles. The maximum absolute atomic E-state index is 13.4. The lowest BCUT2D eigenvalue weighted by molar-refractivity contribution is 0.0690. The molecule has 44 heavy (non-hydrogen) atoms. The zero-order valence-electron chi connectivity index (χ0n) is 25.2. The number of ether oxygens (including phenoxy) is 2. The van der Waals surface area contributed by atoms with Crippen molar-refractivity contribution in [2.45, 2.75) is 43.1 Å². The van der Waals surface area contributed by atoms with Gasteiger partial charge in [0.15, 0.2) is 16.7 Å². The molecule has 6 rings (SSSR count). The maximum Gasteiger partial charge on any atom is 0.253 e. The van der Waals surface area contributed by atoms with Crippen molar-refractivity contribution in [2.75, 3.05) is 38.8 Å². The van der Waals surface area contributed by atoms with Gasteiger partial charge in [0, 0.05) is 43.6 Å². The molecule has 0 radical (unpaired) electrons. The highest BCUT2D eigenvalue weighted by Crippen LogP contribution is 2.35. The molecule has 0 N–H and O–H groups in total. The van der Waals surface area contributed by atoms with Gasteiger partial charge in [-0.1, -0.05) is 65.8 Å². The van der Waals surface area contributed by atoms with Crippen molar-refractivity contribution in [3.05, 3.63) is 106 Å². The lowest BCUT2D eigenvalue weighted by Gasteiger charge is -2.32. The zero-order valence-corrected chi connectivity index (χ0v) is 26.7. The lowest BCUT2D eigenvalue weighted by atomic mass is 9.90. The van der Waals surface area contributed by atoms with Crippen LogP contribution in [0, 0.1) is 5.92 Å². The molecule has 1 amide bonds. The molecule has 1 saturated heterocycles. The fraction of sp³-hybridized carbons (Fsp3) is 0.343. The Hall–Kier alpha value is -3.75. The number of rotatable bonds is 9. The predicted molar refractivity (Wildman–Crippen MR) is 176 cm³/mol. The van der Waals surface area contributed by atoms with E-state index in [4.69, 9.17) is 26.1 Å². The summed E-state index contributed by atoms with van der Waals surface area (Å²) in [6.07, 6.45) is 4.02. The number of carbonyl (C=O) groups is 1. The summed E-state index contributed by atoms with van der Waals surface area (Å²) in [6, 6.07) is 24.5. The molecule has 2 aliphatic rings. The van der Waals surface area contributed by atoms with Crippen molar-refractivity contribution in [3.8, 4) is 11.5 Å². The third-order valence-corrected chi connectivity index (χ3v) is 9.63. The molecule has 0 unspecified atom stereocenters. The van der Waals surface area contributed by atoms with E-state index in [1.165, 1.54) is 28.5 Å². The van der Waals surface area contributed by atoms with Crippen molar-refractivity contribution >= 4 is 35.1 Å². The Labute approximate surface area is 268 Å². The number of aromatic nitrogens is 2. The van der Waals surface area contributed by atoms with Crippen molar-refractivity contribution in [2.24, 2.45) is 5.92 Å². The molecule has 7 nitrogen and oxygen atoms in total. The Morgan fingerprint density at radius 3 is 2.36 bits per heavy atom. The fourth-order valence-corrected chi connectivity index (χ4v) is 7.13. The van der Waals surface area contributed by atoms with Crippen LogP contribution in [0.15, 0.2) is 78.0 Å².